The first-order valence-corrected chi connectivity index (χ1v) is 10.3. The van der Waals surface area contributed by atoms with Gasteiger partial charge in [-0.25, -0.2) is 9.59 Å². The van der Waals surface area contributed by atoms with Crippen LogP contribution in [0.25, 0.3) is 0 Å². The Morgan fingerprint density at radius 2 is 1.47 bits per heavy atom. The van der Waals surface area contributed by atoms with Gasteiger partial charge in [0.2, 0.25) is 11.7 Å². The minimum atomic E-state index is -1.36. The van der Waals surface area contributed by atoms with Gasteiger partial charge in [0, 0.05) is 28.6 Å². The van der Waals surface area contributed by atoms with E-state index in [0.717, 1.165) is 18.2 Å². The molecule has 34 heavy (non-hydrogen) atoms. The van der Waals surface area contributed by atoms with Crippen LogP contribution in [0.15, 0.2) is 78.2 Å². The van der Waals surface area contributed by atoms with Gasteiger partial charge in [-0.15, -0.1) is 0 Å². The first kappa shape index (κ1) is 21.1. The van der Waals surface area contributed by atoms with Gasteiger partial charge in [-0.3, -0.25) is 14.4 Å². The lowest BCUT2D eigenvalue weighted by Crippen LogP contribution is -2.37. The van der Waals surface area contributed by atoms with Crippen LogP contribution in [0.5, 0.6) is 0 Å². The molecule has 0 saturated carbocycles. The molecule has 2 aromatic carbocycles. The van der Waals surface area contributed by atoms with E-state index in [9.17, 15) is 34.2 Å². The van der Waals surface area contributed by atoms with Crippen molar-refractivity contribution < 1.29 is 34.2 Å². The van der Waals surface area contributed by atoms with Crippen LogP contribution in [0.1, 0.15) is 41.4 Å². The molecular weight excluding hydrogens is 440 g/mol. The van der Waals surface area contributed by atoms with Crippen LogP contribution < -0.4 is 5.32 Å². The molecule has 5 rings (SSSR count). The number of amides is 1. The van der Waals surface area contributed by atoms with Crippen LogP contribution in [0.2, 0.25) is 0 Å². The summed E-state index contributed by atoms with van der Waals surface area (Å²) in [6.07, 6.45) is 6.72. The number of ketones is 2. The number of anilines is 1. The average molecular weight is 456 g/mol. The minimum absolute atomic E-state index is 0.0479. The Morgan fingerprint density at radius 3 is 2.09 bits per heavy atom. The lowest BCUT2D eigenvalue weighted by atomic mass is 9.81. The van der Waals surface area contributed by atoms with E-state index in [1.54, 1.807) is 47.5 Å². The molecule has 2 aromatic rings. The number of Topliss-reactive ketones (excluding diaryl/α,β-unsaturated/α-hetero) is 2. The predicted octanol–water partition coefficient (Wildman–Crippen LogP) is 2.74. The summed E-state index contributed by atoms with van der Waals surface area (Å²) in [5, 5.41) is 21.2. The Kier molecular flexibility index (Phi) is 4.75. The second-order valence-electron chi connectivity index (χ2n) is 7.97. The van der Waals surface area contributed by atoms with E-state index in [1.807, 2.05) is 0 Å². The number of carbonyl (C=O) groups excluding carboxylic acids is 3. The van der Waals surface area contributed by atoms with E-state index in [4.69, 9.17) is 0 Å². The molecule has 9 heteroatoms. The molecule has 2 heterocycles. The van der Waals surface area contributed by atoms with E-state index in [1.165, 1.54) is 6.07 Å². The number of nitrogens with one attached hydrogen (secondary N) is 1. The number of aromatic carboxylic acids is 2. The summed E-state index contributed by atoms with van der Waals surface area (Å²) in [5.41, 5.74) is -0.0430. The SMILES string of the molecule is O=C(O)c1cc(NC(=O)C2C3=C(C(=O)c4ccccc4C3=O)N3C=CC=CC23)cc(C(=O)O)c1. The molecular formula is C25H16N2O7. The summed E-state index contributed by atoms with van der Waals surface area (Å²) < 4.78 is 0. The van der Waals surface area contributed by atoms with Gasteiger partial charge in [0.15, 0.2) is 5.78 Å². The summed E-state index contributed by atoms with van der Waals surface area (Å²) in [6.45, 7) is 0. The summed E-state index contributed by atoms with van der Waals surface area (Å²) in [6, 6.07) is 8.99. The van der Waals surface area contributed by atoms with Crippen molar-refractivity contribution in [1.82, 2.24) is 4.90 Å². The van der Waals surface area contributed by atoms with Crippen molar-refractivity contribution in [3.63, 3.8) is 0 Å². The second-order valence-corrected chi connectivity index (χ2v) is 7.97. The number of hydrogen-bond acceptors (Lipinski definition) is 6. The molecule has 1 amide bonds. The molecule has 0 aromatic heterocycles. The Bertz CT molecular complexity index is 1380. The summed E-state index contributed by atoms with van der Waals surface area (Å²) in [5.74, 6) is -5.28. The highest BCUT2D eigenvalue weighted by atomic mass is 16.4. The third kappa shape index (κ3) is 3.14. The monoisotopic (exact) mass is 456 g/mol. The summed E-state index contributed by atoms with van der Waals surface area (Å²) in [4.78, 5) is 64.6. The number of fused-ring (bicyclic) bond motifs is 3. The highest BCUT2D eigenvalue weighted by molar-refractivity contribution is 6.29. The molecule has 1 aliphatic carbocycles. The van der Waals surface area contributed by atoms with Gasteiger partial charge in [-0.1, -0.05) is 36.4 Å². The first-order valence-electron chi connectivity index (χ1n) is 10.3. The lowest BCUT2D eigenvalue weighted by Gasteiger charge is -2.28. The topological polar surface area (TPSA) is 141 Å². The van der Waals surface area contributed by atoms with Crippen molar-refractivity contribution in [2.45, 2.75) is 6.04 Å². The largest absolute Gasteiger partial charge is 0.478 e. The number of nitrogens with zero attached hydrogens (tertiary/aromatic N) is 1. The maximum atomic E-state index is 13.5. The zero-order valence-electron chi connectivity index (χ0n) is 17.4. The third-order valence-corrected chi connectivity index (χ3v) is 6.01. The van der Waals surface area contributed by atoms with Crippen LogP contribution in [0, 0.1) is 5.92 Å². The first-order chi connectivity index (χ1) is 16.3. The standard InChI is InChI=1S/C25H16N2O7/c28-21-15-5-1-2-6-16(15)22(29)20-19(21)18(17-7-3-4-8-27(17)20)23(30)26-14-10-12(24(31)32)9-13(11-14)25(33)34/h1-11,17-18H,(H,26,30)(H,31,32)(H,33,34). The minimum Gasteiger partial charge on any atom is -0.478 e. The van der Waals surface area contributed by atoms with Crippen molar-refractivity contribution in [3.8, 4) is 0 Å². The lowest BCUT2D eigenvalue weighted by molar-refractivity contribution is -0.119. The van der Waals surface area contributed by atoms with Gasteiger partial charge >= 0.3 is 11.9 Å². The second kappa shape index (κ2) is 7.66. The Labute approximate surface area is 192 Å². The zero-order chi connectivity index (χ0) is 24.1. The van der Waals surface area contributed by atoms with E-state index >= 15 is 0 Å². The molecule has 2 unspecified atom stereocenters. The van der Waals surface area contributed by atoms with Crippen molar-refractivity contribution in [2.24, 2.45) is 5.92 Å². The van der Waals surface area contributed by atoms with Crippen LogP contribution in [-0.4, -0.2) is 50.6 Å². The molecule has 0 spiro atoms. The van der Waals surface area contributed by atoms with Crippen LogP contribution in [0.3, 0.4) is 0 Å². The number of carboxylic acids is 2. The van der Waals surface area contributed by atoms with Gasteiger partial charge in [-0.05, 0) is 24.3 Å². The van der Waals surface area contributed by atoms with E-state index in [0.29, 0.717) is 0 Å². The van der Waals surface area contributed by atoms with E-state index in [-0.39, 0.29) is 45.0 Å². The third-order valence-electron chi connectivity index (χ3n) is 6.01. The van der Waals surface area contributed by atoms with Crippen molar-refractivity contribution >= 4 is 35.1 Å². The normalized spacial score (nSPS) is 20.1. The van der Waals surface area contributed by atoms with Gasteiger partial charge in [-0.2, -0.15) is 0 Å². The van der Waals surface area contributed by atoms with Gasteiger partial charge in [0.05, 0.1) is 28.8 Å². The van der Waals surface area contributed by atoms with E-state index in [2.05, 4.69) is 5.32 Å². The number of benzene rings is 2. The summed E-state index contributed by atoms with van der Waals surface area (Å²) >= 11 is 0. The fourth-order valence-electron chi connectivity index (χ4n) is 4.56. The number of allylic oxidation sites excluding steroid dienone is 3. The smallest absolute Gasteiger partial charge is 0.335 e. The molecule has 0 bridgehead atoms. The molecule has 2 aliphatic heterocycles. The van der Waals surface area contributed by atoms with Gasteiger partial charge < -0.3 is 20.4 Å². The quantitative estimate of drug-likeness (QED) is 0.638. The molecule has 3 N–H and O–H groups in total. The molecule has 0 radical (unpaired) electrons. The van der Waals surface area contributed by atoms with Crippen LogP contribution in [0.4, 0.5) is 5.69 Å². The maximum absolute atomic E-state index is 13.5. The molecule has 2 atom stereocenters. The molecule has 0 saturated heterocycles. The molecule has 0 fully saturated rings. The molecule has 9 nitrogen and oxygen atoms in total. The summed E-state index contributed by atoms with van der Waals surface area (Å²) in [7, 11) is 0. The van der Waals surface area contributed by atoms with Crippen molar-refractivity contribution in [2.75, 3.05) is 5.32 Å². The van der Waals surface area contributed by atoms with Gasteiger partial charge in [0.1, 0.15) is 0 Å². The van der Waals surface area contributed by atoms with Crippen molar-refractivity contribution in [1.29, 1.82) is 0 Å². The van der Waals surface area contributed by atoms with Gasteiger partial charge in [0.25, 0.3) is 0 Å². The van der Waals surface area contributed by atoms with Crippen LogP contribution in [-0.2, 0) is 4.79 Å². The zero-order valence-corrected chi connectivity index (χ0v) is 17.4. The Morgan fingerprint density at radius 1 is 0.853 bits per heavy atom. The molecule has 168 valence electrons. The van der Waals surface area contributed by atoms with E-state index < -0.39 is 35.6 Å². The number of hydrogen-bond donors (Lipinski definition) is 3. The van der Waals surface area contributed by atoms with Crippen LogP contribution >= 0.6 is 0 Å². The number of carboxylic acid groups (broad SMARTS) is 2. The predicted molar refractivity (Wildman–Crippen MR) is 119 cm³/mol. The number of carbonyl (C=O) groups is 5. The van der Waals surface area contributed by atoms with Crippen molar-refractivity contribution in [3.05, 3.63) is 100 Å². The Balaban J connectivity index is 1.58. The highest BCUT2D eigenvalue weighted by Gasteiger charge is 2.51. The fraction of sp³-hybridized carbons (Fsp3) is 0.0800. The fourth-order valence-corrected chi connectivity index (χ4v) is 4.56. The number of rotatable bonds is 4. The average Bonchev–Trinajstić information content (AvgIpc) is 3.18. The highest BCUT2D eigenvalue weighted by Crippen LogP contribution is 2.43. The Hall–Kier alpha value is -4.79. The maximum Gasteiger partial charge on any atom is 0.335 e. The molecule has 3 aliphatic rings.